The number of aliphatic hydroxyl groups excluding tert-OH is 1. The van der Waals surface area contributed by atoms with Gasteiger partial charge < -0.3 is 10.0 Å². The summed E-state index contributed by atoms with van der Waals surface area (Å²) in [5.74, 6) is 1.34. The van der Waals surface area contributed by atoms with Gasteiger partial charge in [0, 0.05) is 56.3 Å². The van der Waals surface area contributed by atoms with Gasteiger partial charge in [-0.05, 0) is 38.3 Å². The van der Waals surface area contributed by atoms with Gasteiger partial charge in [-0.25, -0.2) is 9.97 Å². The molecule has 4 heterocycles. The van der Waals surface area contributed by atoms with E-state index in [1.807, 2.05) is 23.3 Å². The molecule has 2 aromatic heterocycles. The van der Waals surface area contributed by atoms with Crippen molar-refractivity contribution in [2.24, 2.45) is 0 Å². The van der Waals surface area contributed by atoms with Crippen LogP contribution in [0.1, 0.15) is 42.9 Å². The first kappa shape index (κ1) is 17.4. The Labute approximate surface area is 154 Å². The zero-order valence-corrected chi connectivity index (χ0v) is 15.3. The Morgan fingerprint density at radius 2 is 1.88 bits per heavy atom. The highest BCUT2D eigenvalue weighted by atomic mass is 16.3. The molecule has 2 aliphatic rings. The lowest BCUT2D eigenvalue weighted by atomic mass is 9.95. The second-order valence-corrected chi connectivity index (χ2v) is 7.39. The van der Waals surface area contributed by atoms with E-state index in [1.165, 1.54) is 31.2 Å². The fourth-order valence-corrected chi connectivity index (χ4v) is 4.03. The number of hydrogen-bond donors (Lipinski definition) is 1. The highest BCUT2D eigenvalue weighted by Crippen LogP contribution is 2.26. The van der Waals surface area contributed by atoms with Gasteiger partial charge in [-0.15, -0.1) is 0 Å². The van der Waals surface area contributed by atoms with E-state index in [0.29, 0.717) is 12.5 Å². The standard InChI is InChI=1S/C19H28N6O/c26-11-10-25-9-5-18(22-25)17-4-3-6-23(15-17)14-16-12-20-19(21-13-16)24-7-1-2-8-24/h5,9,12-13,17,26H,1-4,6-8,10-11,14-15H2/t17-/m1/s1. The lowest BCUT2D eigenvalue weighted by Crippen LogP contribution is -2.34. The van der Waals surface area contributed by atoms with Crippen LogP contribution in [0, 0.1) is 0 Å². The average molecular weight is 356 g/mol. The molecule has 2 aromatic rings. The highest BCUT2D eigenvalue weighted by Gasteiger charge is 2.23. The van der Waals surface area contributed by atoms with Crippen LogP contribution in [0.3, 0.4) is 0 Å². The average Bonchev–Trinajstić information content (AvgIpc) is 3.35. The van der Waals surface area contributed by atoms with Gasteiger partial charge in [0.25, 0.3) is 0 Å². The van der Waals surface area contributed by atoms with Crippen LogP contribution in [0.5, 0.6) is 0 Å². The van der Waals surface area contributed by atoms with E-state index >= 15 is 0 Å². The summed E-state index contributed by atoms with van der Waals surface area (Å²) in [5.41, 5.74) is 2.32. The molecule has 0 bridgehead atoms. The summed E-state index contributed by atoms with van der Waals surface area (Å²) in [5, 5.41) is 13.7. The zero-order valence-electron chi connectivity index (χ0n) is 15.3. The Morgan fingerprint density at radius 3 is 2.65 bits per heavy atom. The molecule has 0 aliphatic carbocycles. The zero-order chi connectivity index (χ0) is 17.8. The van der Waals surface area contributed by atoms with E-state index in [9.17, 15) is 0 Å². The number of rotatable bonds is 6. The smallest absolute Gasteiger partial charge is 0.225 e. The van der Waals surface area contributed by atoms with Crippen LogP contribution in [0.4, 0.5) is 5.95 Å². The van der Waals surface area contributed by atoms with Crippen molar-refractivity contribution in [1.82, 2.24) is 24.6 Å². The predicted octanol–water partition coefficient (Wildman–Crippen LogP) is 1.65. The van der Waals surface area contributed by atoms with Crippen molar-refractivity contribution in [3.05, 3.63) is 35.9 Å². The molecule has 1 atom stereocenters. The van der Waals surface area contributed by atoms with Crippen molar-refractivity contribution >= 4 is 5.95 Å². The maximum atomic E-state index is 9.05. The Bertz CT molecular complexity index is 694. The van der Waals surface area contributed by atoms with Crippen LogP contribution >= 0.6 is 0 Å². The molecule has 0 saturated carbocycles. The number of hydrogen-bond acceptors (Lipinski definition) is 6. The normalized spacial score (nSPS) is 21.4. The van der Waals surface area contributed by atoms with Gasteiger partial charge in [0.2, 0.25) is 5.95 Å². The second kappa shape index (κ2) is 8.14. The van der Waals surface area contributed by atoms with Crippen molar-refractivity contribution in [3.8, 4) is 0 Å². The van der Waals surface area contributed by atoms with Gasteiger partial charge in [-0.1, -0.05) is 0 Å². The molecule has 140 valence electrons. The molecule has 2 fully saturated rings. The fraction of sp³-hybridized carbons (Fsp3) is 0.632. The van der Waals surface area contributed by atoms with E-state index in [0.717, 1.165) is 44.4 Å². The van der Waals surface area contributed by atoms with Gasteiger partial charge in [-0.3, -0.25) is 9.58 Å². The molecule has 0 spiro atoms. The second-order valence-electron chi connectivity index (χ2n) is 7.39. The molecule has 0 aromatic carbocycles. The molecule has 4 rings (SSSR count). The molecule has 0 radical (unpaired) electrons. The molecule has 0 amide bonds. The van der Waals surface area contributed by atoms with Crippen molar-refractivity contribution in [1.29, 1.82) is 0 Å². The molecule has 0 unspecified atom stereocenters. The number of aliphatic hydroxyl groups is 1. The molecule has 7 heteroatoms. The maximum Gasteiger partial charge on any atom is 0.225 e. The lowest BCUT2D eigenvalue weighted by molar-refractivity contribution is 0.197. The van der Waals surface area contributed by atoms with Crippen molar-refractivity contribution in [2.45, 2.75) is 44.7 Å². The number of likely N-dealkylation sites (tertiary alicyclic amines) is 1. The van der Waals surface area contributed by atoms with Crippen LogP contribution in [-0.2, 0) is 13.1 Å². The third-order valence-electron chi connectivity index (χ3n) is 5.40. The van der Waals surface area contributed by atoms with Crippen LogP contribution in [-0.4, -0.2) is 62.5 Å². The summed E-state index contributed by atoms with van der Waals surface area (Å²) in [4.78, 5) is 13.9. The molecule has 2 saturated heterocycles. The van der Waals surface area contributed by atoms with E-state index < -0.39 is 0 Å². The van der Waals surface area contributed by atoms with Crippen molar-refractivity contribution < 1.29 is 5.11 Å². The highest BCUT2D eigenvalue weighted by molar-refractivity contribution is 5.31. The van der Waals surface area contributed by atoms with Crippen molar-refractivity contribution in [2.75, 3.05) is 37.7 Å². The maximum absolute atomic E-state index is 9.05. The van der Waals surface area contributed by atoms with E-state index in [2.05, 4.69) is 30.9 Å². The molecular formula is C19H28N6O. The van der Waals surface area contributed by atoms with Crippen LogP contribution in [0.2, 0.25) is 0 Å². The minimum atomic E-state index is 0.130. The Kier molecular flexibility index (Phi) is 5.45. The summed E-state index contributed by atoms with van der Waals surface area (Å²) in [6, 6.07) is 2.10. The summed E-state index contributed by atoms with van der Waals surface area (Å²) in [7, 11) is 0. The lowest BCUT2D eigenvalue weighted by Gasteiger charge is -2.31. The fourth-order valence-electron chi connectivity index (χ4n) is 4.03. The van der Waals surface area contributed by atoms with Crippen molar-refractivity contribution in [3.63, 3.8) is 0 Å². The first-order valence-electron chi connectivity index (χ1n) is 9.74. The topological polar surface area (TPSA) is 70.3 Å². The van der Waals surface area contributed by atoms with Gasteiger partial charge in [-0.2, -0.15) is 5.10 Å². The predicted molar refractivity (Wildman–Crippen MR) is 100 cm³/mol. The molecule has 26 heavy (non-hydrogen) atoms. The van der Waals surface area contributed by atoms with Gasteiger partial charge in [0.1, 0.15) is 0 Å². The third kappa shape index (κ3) is 4.04. The number of piperidine rings is 1. The van der Waals surface area contributed by atoms with Crippen LogP contribution in [0.25, 0.3) is 0 Å². The van der Waals surface area contributed by atoms with Gasteiger partial charge in [0.15, 0.2) is 0 Å². The minimum Gasteiger partial charge on any atom is -0.394 e. The molecule has 7 nitrogen and oxygen atoms in total. The van der Waals surface area contributed by atoms with Gasteiger partial charge in [0.05, 0.1) is 18.8 Å². The van der Waals surface area contributed by atoms with Crippen LogP contribution < -0.4 is 4.90 Å². The Hall–Kier alpha value is -1.99. The summed E-state index contributed by atoms with van der Waals surface area (Å²) >= 11 is 0. The first-order chi connectivity index (χ1) is 12.8. The number of aromatic nitrogens is 4. The monoisotopic (exact) mass is 356 g/mol. The number of anilines is 1. The largest absolute Gasteiger partial charge is 0.394 e. The quantitative estimate of drug-likeness (QED) is 0.849. The first-order valence-corrected chi connectivity index (χ1v) is 9.74. The van der Waals surface area contributed by atoms with E-state index in [1.54, 1.807) is 0 Å². The van der Waals surface area contributed by atoms with E-state index in [4.69, 9.17) is 5.11 Å². The van der Waals surface area contributed by atoms with Crippen LogP contribution in [0.15, 0.2) is 24.7 Å². The summed E-state index contributed by atoms with van der Waals surface area (Å²) < 4.78 is 1.83. The summed E-state index contributed by atoms with van der Waals surface area (Å²) in [6.07, 6.45) is 10.8. The Balaban J connectivity index is 1.35. The third-order valence-corrected chi connectivity index (χ3v) is 5.40. The van der Waals surface area contributed by atoms with Gasteiger partial charge >= 0.3 is 0 Å². The summed E-state index contributed by atoms with van der Waals surface area (Å²) in [6.45, 7) is 5.88. The number of nitrogens with zero attached hydrogens (tertiary/aromatic N) is 6. The Morgan fingerprint density at radius 1 is 1.08 bits per heavy atom. The SMILES string of the molecule is OCCn1ccc([C@@H]2CCCN(Cc3cnc(N4CCCC4)nc3)C2)n1. The molecule has 1 N–H and O–H groups in total. The molecule has 2 aliphatic heterocycles. The minimum absolute atomic E-state index is 0.130. The van der Waals surface area contributed by atoms with E-state index in [-0.39, 0.29) is 6.61 Å². The molecular weight excluding hydrogens is 328 g/mol.